The number of allylic oxidation sites excluding steroid dienone is 1. The molecule has 2 heterocycles. The highest BCUT2D eigenvalue weighted by Gasteiger charge is 2.44. The SMILES string of the molecule is CCC/C=C(\C)COc1cccc([C@]2(C)CC3CN(c4ccccc4)CCN3CC2C)c1. The normalized spacial score (nSPS) is 26.6. The Balaban J connectivity index is 1.48. The van der Waals surface area contributed by atoms with Crippen LogP contribution in [-0.4, -0.2) is 43.7 Å². The number of unbranched alkanes of at least 4 members (excludes halogenated alkanes) is 1. The van der Waals surface area contributed by atoms with Crippen molar-refractivity contribution in [3.05, 3.63) is 71.8 Å². The van der Waals surface area contributed by atoms with Gasteiger partial charge in [-0.25, -0.2) is 0 Å². The van der Waals surface area contributed by atoms with Gasteiger partial charge < -0.3 is 9.64 Å². The van der Waals surface area contributed by atoms with Crippen LogP contribution in [-0.2, 0) is 5.41 Å². The Bertz CT molecular complexity index is 908. The van der Waals surface area contributed by atoms with Crippen LogP contribution in [0.4, 0.5) is 5.69 Å². The minimum atomic E-state index is 0.160. The molecule has 0 saturated carbocycles. The number of rotatable bonds is 7. The van der Waals surface area contributed by atoms with Crippen LogP contribution in [0.5, 0.6) is 5.75 Å². The van der Waals surface area contributed by atoms with E-state index in [0.29, 0.717) is 18.6 Å². The summed E-state index contributed by atoms with van der Waals surface area (Å²) in [5.74, 6) is 1.61. The molecular formula is C29H40N2O. The summed E-state index contributed by atoms with van der Waals surface area (Å²) >= 11 is 0. The molecule has 0 amide bonds. The lowest BCUT2D eigenvalue weighted by atomic mass is 9.65. The van der Waals surface area contributed by atoms with Gasteiger partial charge in [-0.05, 0) is 66.5 Å². The van der Waals surface area contributed by atoms with Crippen molar-refractivity contribution < 1.29 is 4.74 Å². The lowest BCUT2D eigenvalue weighted by molar-refractivity contribution is 0.0467. The molecule has 4 rings (SSSR count). The lowest BCUT2D eigenvalue weighted by Crippen LogP contribution is -2.61. The molecule has 3 nitrogen and oxygen atoms in total. The zero-order chi connectivity index (χ0) is 22.6. The molecule has 2 aliphatic heterocycles. The van der Waals surface area contributed by atoms with Crippen LogP contribution in [0.15, 0.2) is 66.2 Å². The average Bonchev–Trinajstić information content (AvgIpc) is 2.82. The van der Waals surface area contributed by atoms with Gasteiger partial charge in [0.1, 0.15) is 12.4 Å². The van der Waals surface area contributed by atoms with Crippen molar-refractivity contribution in [2.45, 2.75) is 58.4 Å². The minimum absolute atomic E-state index is 0.160. The van der Waals surface area contributed by atoms with E-state index in [2.05, 4.69) is 98.2 Å². The quantitative estimate of drug-likeness (QED) is 0.478. The standard InChI is InChI=1S/C29H40N2O/c1-5-6-11-23(2)22-32-28-15-10-12-25(18-28)29(4)19-27-21-31(26-13-8-7-9-14-26)17-16-30(27)20-24(29)3/h7-15,18,24,27H,5-6,16-17,19-22H2,1-4H3/b23-11+/t24?,27?,29-/m1/s1. The van der Waals surface area contributed by atoms with Crippen LogP contribution in [0.2, 0.25) is 0 Å². The predicted octanol–water partition coefficient (Wildman–Crippen LogP) is 6.30. The first kappa shape index (κ1) is 22.9. The molecule has 0 aliphatic carbocycles. The topological polar surface area (TPSA) is 15.7 Å². The monoisotopic (exact) mass is 432 g/mol. The summed E-state index contributed by atoms with van der Waals surface area (Å²) in [4.78, 5) is 5.30. The molecule has 0 bridgehead atoms. The van der Waals surface area contributed by atoms with Crippen molar-refractivity contribution in [1.82, 2.24) is 4.90 Å². The highest BCUT2D eigenvalue weighted by atomic mass is 16.5. The van der Waals surface area contributed by atoms with E-state index < -0.39 is 0 Å². The number of hydrogen-bond donors (Lipinski definition) is 0. The molecule has 3 heteroatoms. The second-order valence-electron chi connectivity index (χ2n) is 10.1. The second kappa shape index (κ2) is 10.1. The Morgan fingerprint density at radius 2 is 1.91 bits per heavy atom. The number of piperazine rings is 1. The summed E-state index contributed by atoms with van der Waals surface area (Å²) in [6.45, 7) is 14.5. The maximum Gasteiger partial charge on any atom is 0.120 e. The first-order chi connectivity index (χ1) is 15.5. The third-order valence-corrected chi connectivity index (χ3v) is 7.72. The lowest BCUT2D eigenvalue weighted by Gasteiger charge is -2.53. The van der Waals surface area contributed by atoms with Crippen LogP contribution < -0.4 is 9.64 Å². The molecule has 2 aromatic carbocycles. The van der Waals surface area contributed by atoms with E-state index in [1.807, 2.05) is 0 Å². The molecule has 0 radical (unpaired) electrons. The fraction of sp³-hybridized carbons (Fsp3) is 0.517. The number of fused-ring (bicyclic) bond motifs is 1. The third kappa shape index (κ3) is 5.04. The van der Waals surface area contributed by atoms with Gasteiger partial charge in [-0.15, -0.1) is 0 Å². The summed E-state index contributed by atoms with van der Waals surface area (Å²) < 4.78 is 6.17. The Morgan fingerprint density at radius 1 is 1.09 bits per heavy atom. The molecule has 0 spiro atoms. The summed E-state index contributed by atoms with van der Waals surface area (Å²) in [6, 6.07) is 20.4. The van der Waals surface area contributed by atoms with E-state index in [4.69, 9.17) is 4.74 Å². The maximum absolute atomic E-state index is 6.17. The zero-order valence-electron chi connectivity index (χ0n) is 20.4. The van der Waals surface area contributed by atoms with Crippen LogP contribution in [0, 0.1) is 5.92 Å². The van der Waals surface area contributed by atoms with Gasteiger partial charge in [0.25, 0.3) is 0 Å². The third-order valence-electron chi connectivity index (χ3n) is 7.72. The minimum Gasteiger partial charge on any atom is -0.489 e. The first-order valence-corrected chi connectivity index (χ1v) is 12.4. The van der Waals surface area contributed by atoms with Gasteiger partial charge in [-0.2, -0.15) is 0 Å². The molecular weight excluding hydrogens is 392 g/mol. The van der Waals surface area contributed by atoms with E-state index in [-0.39, 0.29) is 5.41 Å². The predicted molar refractivity (Wildman–Crippen MR) is 136 cm³/mol. The van der Waals surface area contributed by atoms with Crippen molar-refractivity contribution >= 4 is 5.69 Å². The van der Waals surface area contributed by atoms with Crippen LogP contribution >= 0.6 is 0 Å². The van der Waals surface area contributed by atoms with Gasteiger partial charge in [-0.1, -0.05) is 63.6 Å². The van der Waals surface area contributed by atoms with Crippen molar-refractivity contribution in [3.63, 3.8) is 0 Å². The highest BCUT2D eigenvalue weighted by Crippen LogP contribution is 2.43. The Labute approximate surface area is 195 Å². The van der Waals surface area contributed by atoms with E-state index in [0.717, 1.165) is 31.8 Å². The summed E-state index contributed by atoms with van der Waals surface area (Å²) in [7, 11) is 0. The molecule has 32 heavy (non-hydrogen) atoms. The van der Waals surface area contributed by atoms with Crippen molar-refractivity contribution in [1.29, 1.82) is 0 Å². The summed E-state index contributed by atoms with van der Waals surface area (Å²) in [6.07, 6.45) is 5.80. The molecule has 2 aromatic rings. The van der Waals surface area contributed by atoms with E-state index in [1.165, 1.54) is 36.2 Å². The van der Waals surface area contributed by atoms with Gasteiger partial charge in [0.15, 0.2) is 0 Å². The van der Waals surface area contributed by atoms with Gasteiger partial charge in [0.05, 0.1) is 0 Å². The molecule has 3 atom stereocenters. The largest absolute Gasteiger partial charge is 0.489 e. The number of ether oxygens (including phenoxy) is 1. The van der Waals surface area contributed by atoms with Gasteiger partial charge in [-0.3, -0.25) is 4.90 Å². The Morgan fingerprint density at radius 3 is 2.69 bits per heavy atom. The number of hydrogen-bond acceptors (Lipinski definition) is 3. The average molecular weight is 433 g/mol. The first-order valence-electron chi connectivity index (χ1n) is 12.4. The van der Waals surface area contributed by atoms with Crippen LogP contribution in [0.25, 0.3) is 0 Å². The van der Waals surface area contributed by atoms with Crippen molar-refractivity contribution in [3.8, 4) is 5.75 Å². The molecule has 2 aliphatic rings. The molecule has 2 fully saturated rings. The van der Waals surface area contributed by atoms with Crippen LogP contribution in [0.1, 0.15) is 52.5 Å². The van der Waals surface area contributed by atoms with Gasteiger partial charge in [0, 0.05) is 37.9 Å². The van der Waals surface area contributed by atoms with Gasteiger partial charge in [0.2, 0.25) is 0 Å². The number of para-hydroxylation sites is 1. The Hall–Kier alpha value is -2.26. The number of benzene rings is 2. The van der Waals surface area contributed by atoms with E-state index in [9.17, 15) is 0 Å². The number of piperidine rings is 1. The molecule has 2 unspecified atom stereocenters. The second-order valence-corrected chi connectivity index (χ2v) is 10.1. The smallest absolute Gasteiger partial charge is 0.120 e. The summed E-state index contributed by atoms with van der Waals surface area (Å²) in [5, 5.41) is 0. The zero-order valence-corrected chi connectivity index (χ0v) is 20.4. The Kier molecular flexibility index (Phi) is 7.25. The maximum atomic E-state index is 6.17. The summed E-state index contributed by atoms with van der Waals surface area (Å²) in [5.41, 5.74) is 4.25. The molecule has 0 aromatic heterocycles. The van der Waals surface area contributed by atoms with Gasteiger partial charge >= 0.3 is 0 Å². The van der Waals surface area contributed by atoms with Crippen molar-refractivity contribution in [2.24, 2.45) is 5.92 Å². The number of anilines is 1. The van der Waals surface area contributed by atoms with Crippen LogP contribution in [0.3, 0.4) is 0 Å². The fourth-order valence-electron chi connectivity index (χ4n) is 5.43. The molecule has 0 N–H and O–H groups in total. The van der Waals surface area contributed by atoms with E-state index in [1.54, 1.807) is 0 Å². The number of nitrogens with zero attached hydrogens (tertiary/aromatic N) is 2. The fourth-order valence-corrected chi connectivity index (χ4v) is 5.43. The highest BCUT2D eigenvalue weighted by molar-refractivity contribution is 5.47. The molecule has 2 saturated heterocycles. The molecule has 172 valence electrons. The van der Waals surface area contributed by atoms with E-state index >= 15 is 0 Å². The van der Waals surface area contributed by atoms with Crippen molar-refractivity contribution in [2.75, 3.05) is 37.7 Å².